The van der Waals surface area contributed by atoms with Crippen LogP contribution < -0.4 is 4.74 Å². The zero-order valence-corrected chi connectivity index (χ0v) is 18.2. The van der Waals surface area contributed by atoms with Crippen molar-refractivity contribution in [2.24, 2.45) is 0 Å². The van der Waals surface area contributed by atoms with Gasteiger partial charge in [0.25, 0.3) is 0 Å². The van der Waals surface area contributed by atoms with Crippen LogP contribution in [0.2, 0.25) is 5.02 Å². The molecule has 31 heavy (non-hydrogen) atoms. The number of rotatable bonds is 7. The number of hydrogen-bond acceptors (Lipinski definition) is 6. The lowest BCUT2D eigenvalue weighted by atomic mass is 9.90. The Hall–Kier alpha value is -1.67. The molecule has 0 amide bonds. The van der Waals surface area contributed by atoms with Gasteiger partial charge in [-0.05, 0) is 54.0 Å². The SMILES string of the molecule is CCc1ccc(Cc2cc([C@@H]3O[C@H](CO)[C@@H](O)[C@H](O)[C@H]3O)cc(OC3CC3)c2Cl)cc1. The summed E-state index contributed by atoms with van der Waals surface area (Å²) in [5, 5.41) is 40.9. The summed E-state index contributed by atoms with van der Waals surface area (Å²) in [4.78, 5) is 0. The molecule has 2 aromatic rings. The Morgan fingerprint density at radius 2 is 1.68 bits per heavy atom. The first kappa shape index (κ1) is 22.5. The molecule has 1 saturated heterocycles. The minimum atomic E-state index is -1.44. The van der Waals surface area contributed by atoms with Gasteiger partial charge < -0.3 is 29.9 Å². The molecule has 1 aliphatic carbocycles. The molecule has 0 aromatic heterocycles. The lowest BCUT2D eigenvalue weighted by Crippen LogP contribution is -2.55. The van der Waals surface area contributed by atoms with Crippen LogP contribution in [0.3, 0.4) is 0 Å². The van der Waals surface area contributed by atoms with E-state index in [1.54, 1.807) is 6.07 Å². The van der Waals surface area contributed by atoms with Gasteiger partial charge in [0.15, 0.2) is 0 Å². The van der Waals surface area contributed by atoms with Crippen LogP contribution in [0.25, 0.3) is 0 Å². The molecule has 168 valence electrons. The number of aryl methyl sites for hydroxylation is 1. The van der Waals surface area contributed by atoms with Gasteiger partial charge in [-0.1, -0.05) is 48.9 Å². The maximum Gasteiger partial charge on any atom is 0.138 e. The number of aliphatic hydroxyl groups excluding tert-OH is 4. The van der Waals surface area contributed by atoms with Gasteiger partial charge in [0, 0.05) is 0 Å². The summed E-state index contributed by atoms with van der Waals surface area (Å²) in [6.07, 6.45) is -2.52. The van der Waals surface area contributed by atoms with Crippen molar-refractivity contribution >= 4 is 11.6 Å². The topological polar surface area (TPSA) is 99.4 Å². The fourth-order valence-corrected chi connectivity index (χ4v) is 4.13. The molecule has 1 saturated carbocycles. The molecule has 1 aliphatic heterocycles. The van der Waals surface area contributed by atoms with Crippen LogP contribution >= 0.6 is 11.6 Å². The number of hydrogen-bond donors (Lipinski definition) is 4. The Kier molecular flexibility index (Phi) is 6.86. The lowest BCUT2D eigenvalue weighted by Gasteiger charge is -2.40. The first-order valence-corrected chi connectivity index (χ1v) is 11.2. The zero-order valence-electron chi connectivity index (χ0n) is 17.4. The third-order valence-electron chi connectivity index (χ3n) is 6.00. The van der Waals surface area contributed by atoms with Crippen molar-refractivity contribution in [1.29, 1.82) is 0 Å². The van der Waals surface area contributed by atoms with E-state index in [1.165, 1.54) is 5.56 Å². The van der Waals surface area contributed by atoms with Crippen LogP contribution in [-0.2, 0) is 17.6 Å². The third-order valence-corrected chi connectivity index (χ3v) is 6.43. The summed E-state index contributed by atoms with van der Waals surface area (Å²) in [6.45, 7) is 1.63. The van der Waals surface area contributed by atoms with E-state index in [1.807, 2.05) is 6.07 Å². The predicted molar refractivity (Wildman–Crippen MR) is 116 cm³/mol. The number of ether oxygens (including phenoxy) is 2. The molecular weight excluding hydrogens is 420 g/mol. The molecule has 2 aliphatic rings. The van der Waals surface area contributed by atoms with Gasteiger partial charge in [-0.3, -0.25) is 0 Å². The molecule has 0 radical (unpaired) electrons. The molecule has 0 unspecified atom stereocenters. The Labute approximate surface area is 187 Å². The summed E-state index contributed by atoms with van der Waals surface area (Å²) in [5.74, 6) is 0.513. The fraction of sp³-hybridized carbons (Fsp3) is 0.500. The van der Waals surface area contributed by atoms with Crippen LogP contribution in [-0.4, -0.2) is 57.6 Å². The van der Waals surface area contributed by atoms with Crippen molar-refractivity contribution in [1.82, 2.24) is 0 Å². The Bertz CT molecular complexity index is 896. The van der Waals surface area contributed by atoms with Gasteiger partial charge in [0.1, 0.15) is 36.3 Å². The summed E-state index contributed by atoms with van der Waals surface area (Å²) in [6, 6.07) is 11.9. The van der Waals surface area contributed by atoms with Crippen molar-refractivity contribution < 1.29 is 29.9 Å². The van der Waals surface area contributed by atoms with E-state index in [4.69, 9.17) is 21.1 Å². The highest BCUT2D eigenvalue weighted by molar-refractivity contribution is 6.32. The van der Waals surface area contributed by atoms with Crippen LogP contribution in [0.4, 0.5) is 0 Å². The molecule has 6 nitrogen and oxygen atoms in total. The van der Waals surface area contributed by atoms with Gasteiger partial charge >= 0.3 is 0 Å². The van der Waals surface area contributed by atoms with Crippen LogP contribution in [0.15, 0.2) is 36.4 Å². The van der Waals surface area contributed by atoms with Crippen molar-refractivity contribution in [2.75, 3.05) is 6.61 Å². The van der Waals surface area contributed by atoms with E-state index < -0.39 is 37.1 Å². The van der Waals surface area contributed by atoms with Gasteiger partial charge in [-0.2, -0.15) is 0 Å². The smallest absolute Gasteiger partial charge is 0.138 e. The van der Waals surface area contributed by atoms with Gasteiger partial charge in [-0.15, -0.1) is 0 Å². The van der Waals surface area contributed by atoms with Crippen molar-refractivity contribution in [2.45, 2.75) is 69.2 Å². The third kappa shape index (κ3) is 4.90. The first-order valence-electron chi connectivity index (χ1n) is 10.8. The van der Waals surface area contributed by atoms with Crippen molar-refractivity contribution in [3.8, 4) is 5.75 Å². The van der Waals surface area contributed by atoms with Gasteiger partial charge in [0.2, 0.25) is 0 Å². The van der Waals surface area contributed by atoms with E-state index in [0.29, 0.717) is 22.8 Å². The second-order valence-corrected chi connectivity index (χ2v) is 8.78. The molecule has 4 N–H and O–H groups in total. The largest absolute Gasteiger partial charge is 0.489 e. The summed E-state index contributed by atoms with van der Waals surface area (Å²) >= 11 is 6.69. The Morgan fingerprint density at radius 3 is 2.29 bits per heavy atom. The molecular formula is C24H29ClO6. The fourth-order valence-electron chi connectivity index (χ4n) is 3.91. The summed E-state index contributed by atoms with van der Waals surface area (Å²) in [5.41, 5.74) is 3.73. The van der Waals surface area contributed by atoms with Crippen LogP contribution in [0, 0.1) is 0 Å². The maximum atomic E-state index is 10.6. The molecule has 2 fully saturated rings. The van der Waals surface area contributed by atoms with Gasteiger partial charge in [-0.25, -0.2) is 0 Å². The van der Waals surface area contributed by atoms with E-state index in [-0.39, 0.29) is 6.10 Å². The molecule has 7 heteroatoms. The summed E-state index contributed by atoms with van der Waals surface area (Å²) < 4.78 is 11.8. The van der Waals surface area contributed by atoms with E-state index in [0.717, 1.165) is 30.4 Å². The van der Waals surface area contributed by atoms with Crippen LogP contribution in [0.5, 0.6) is 5.75 Å². The van der Waals surface area contributed by atoms with Crippen molar-refractivity contribution in [3.63, 3.8) is 0 Å². The minimum absolute atomic E-state index is 0.124. The Morgan fingerprint density at radius 1 is 1.00 bits per heavy atom. The number of halogens is 1. The van der Waals surface area contributed by atoms with E-state index in [9.17, 15) is 20.4 Å². The monoisotopic (exact) mass is 448 g/mol. The molecule has 5 atom stereocenters. The molecule has 1 heterocycles. The number of benzene rings is 2. The van der Waals surface area contributed by atoms with Crippen molar-refractivity contribution in [3.05, 3.63) is 63.7 Å². The first-order chi connectivity index (χ1) is 14.9. The standard InChI is InChI=1S/C24H29ClO6/c1-2-13-3-5-14(6-4-13)9-15-10-16(11-18(20(15)25)30-17-7-8-17)24-23(29)22(28)21(27)19(12-26)31-24/h3-6,10-11,17,19,21-24,26-29H,2,7-9,12H2,1H3/t19-,21-,22+,23-,24+/m1/s1. The average molecular weight is 449 g/mol. The molecule has 2 aromatic carbocycles. The minimum Gasteiger partial charge on any atom is -0.489 e. The quantitative estimate of drug-likeness (QED) is 0.519. The molecule has 0 spiro atoms. The second-order valence-electron chi connectivity index (χ2n) is 8.41. The van der Waals surface area contributed by atoms with E-state index >= 15 is 0 Å². The maximum absolute atomic E-state index is 10.6. The summed E-state index contributed by atoms with van der Waals surface area (Å²) in [7, 11) is 0. The predicted octanol–water partition coefficient (Wildman–Crippen LogP) is 2.55. The average Bonchev–Trinajstić information content (AvgIpc) is 3.60. The second kappa shape index (κ2) is 9.45. The zero-order chi connectivity index (χ0) is 22.1. The van der Waals surface area contributed by atoms with Gasteiger partial charge in [0.05, 0.1) is 17.7 Å². The van der Waals surface area contributed by atoms with E-state index in [2.05, 4.69) is 31.2 Å². The van der Waals surface area contributed by atoms with Crippen LogP contribution in [0.1, 0.15) is 48.1 Å². The highest BCUT2D eigenvalue weighted by atomic mass is 35.5. The highest BCUT2D eigenvalue weighted by Gasteiger charge is 2.44. The Balaban J connectivity index is 1.68. The molecule has 4 rings (SSSR count). The highest BCUT2D eigenvalue weighted by Crippen LogP contribution is 2.40. The normalized spacial score (nSPS) is 28.5. The molecule has 0 bridgehead atoms. The lowest BCUT2D eigenvalue weighted by molar-refractivity contribution is -0.231. The number of aliphatic hydroxyl groups is 4.